The van der Waals surface area contributed by atoms with E-state index in [0.29, 0.717) is 18.1 Å². The quantitative estimate of drug-likeness (QED) is 0.652. The van der Waals surface area contributed by atoms with Crippen LogP contribution in [0.1, 0.15) is 5.69 Å². The Morgan fingerprint density at radius 3 is 2.54 bits per heavy atom. The minimum absolute atomic E-state index is 0.0833. The SMILES string of the molecule is CN(CCO)c1cnc(CO)cn1. The van der Waals surface area contributed by atoms with Gasteiger partial charge in [0.25, 0.3) is 0 Å². The van der Waals surface area contributed by atoms with Gasteiger partial charge in [0.05, 0.1) is 31.3 Å². The predicted molar refractivity (Wildman–Crippen MR) is 48.3 cm³/mol. The minimum Gasteiger partial charge on any atom is -0.395 e. The zero-order valence-electron chi connectivity index (χ0n) is 7.51. The summed E-state index contributed by atoms with van der Waals surface area (Å²) in [5, 5.41) is 17.4. The lowest BCUT2D eigenvalue weighted by molar-refractivity contribution is 0.276. The van der Waals surface area contributed by atoms with E-state index in [4.69, 9.17) is 10.2 Å². The number of likely N-dealkylation sites (N-methyl/N-ethyl adjacent to an activating group) is 1. The average molecular weight is 183 g/mol. The fourth-order valence-electron chi connectivity index (χ4n) is 0.891. The number of rotatable bonds is 4. The Labute approximate surface area is 76.7 Å². The normalized spacial score (nSPS) is 10.1. The van der Waals surface area contributed by atoms with Gasteiger partial charge in [0, 0.05) is 13.6 Å². The van der Waals surface area contributed by atoms with Gasteiger partial charge in [0.15, 0.2) is 0 Å². The molecule has 1 rings (SSSR count). The van der Waals surface area contributed by atoms with Crippen LogP contribution in [-0.2, 0) is 6.61 Å². The van der Waals surface area contributed by atoms with Crippen LogP contribution in [-0.4, -0.2) is 40.4 Å². The summed E-state index contributed by atoms with van der Waals surface area (Å²) < 4.78 is 0. The van der Waals surface area contributed by atoms with E-state index in [1.54, 1.807) is 11.1 Å². The standard InChI is InChI=1S/C8H13N3O2/c1-11(2-3-12)8-5-9-7(6-13)4-10-8/h4-5,12-13H,2-3,6H2,1H3. The van der Waals surface area contributed by atoms with Crippen molar-refractivity contribution in [2.75, 3.05) is 25.1 Å². The fourth-order valence-corrected chi connectivity index (χ4v) is 0.891. The maximum Gasteiger partial charge on any atom is 0.146 e. The number of hydrogen-bond donors (Lipinski definition) is 2. The van der Waals surface area contributed by atoms with E-state index in [9.17, 15) is 0 Å². The zero-order chi connectivity index (χ0) is 9.68. The van der Waals surface area contributed by atoms with Gasteiger partial charge in [-0.15, -0.1) is 0 Å². The molecule has 0 atom stereocenters. The summed E-state index contributed by atoms with van der Waals surface area (Å²) in [5.41, 5.74) is 0.543. The summed E-state index contributed by atoms with van der Waals surface area (Å²) in [7, 11) is 1.82. The molecule has 0 aromatic carbocycles. The van der Waals surface area contributed by atoms with E-state index >= 15 is 0 Å². The molecule has 5 heteroatoms. The minimum atomic E-state index is -0.100. The average Bonchev–Trinajstić information content (AvgIpc) is 2.18. The summed E-state index contributed by atoms with van der Waals surface area (Å²) in [6, 6.07) is 0. The highest BCUT2D eigenvalue weighted by Gasteiger charge is 2.01. The molecular formula is C8H13N3O2. The molecule has 1 heterocycles. The molecule has 1 aromatic rings. The first-order chi connectivity index (χ1) is 6.27. The molecule has 0 aliphatic heterocycles. The molecule has 0 saturated carbocycles. The summed E-state index contributed by atoms with van der Waals surface area (Å²) in [4.78, 5) is 9.81. The first-order valence-corrected chi connectivity index (χ1v) is 4.01. The lowest BCUT2D eigenvalue weighted by Crippen LogP contribution is -2.22. The lowest BCUT2D eigenvalue weighted by atomic mass is 10.4. The largest absolute Gasteiger partial charge is 0.395 e. The molecule has 2 N–H and O–H groups in total. The predicted octanol–water partition coefficient (Wildman–Crippen LogP) is -0.603. The van der Waals surface area contributed by atoms with E-state index in [0.717, 1.165) is 0 Å². The molecule has 0 aliphatic rings. The van der Waals surface area contributed by atoms with Crippen molar-refractivity contribution in [2.24, 2.45) is 0 Å². The maximum absolute atomic E-state index is 8.71. The molecule has 72 valence electrons. The van der Waals surface area contributed by atoms with Crippen LogP contribution in [0.4, 0.5) is 5.82 Å². The maximum atomic E-state index is 8.71. The number of hydrogen-bond acceptors (Lipinski definition) is 5. The molecule has 0 spiro atoms. The van der Waals surface area contributed by atoms with Crippen LogP contribution in [0.2, 0.25) is 0 Å². The van der Waals surface area contributed by atoms with Crippen LogP contribution in [0, 0.1) is 0 Å². The van der Waals surface area contributed by atoms with Crippen LogP contribution in [0.5, 0.6) is 0 Å². The highest BCUT2D eigenvalue weighted by molar-refractivity contribution is 5.34. The number of nitrogens with zero attached hydrogens (tertiary/aromatic N) is 3. The molecule has 5 nitrogen and oxygen atoms in total. The van der Waals surface area contributed by atoms with Gasteiger partial charge in [0.2, 0.25) is 0 Å². The van der Waals surface area contributed by atoms with Crippen molar-refractivity contribution < 1.29 is 10.2 Å². The Hall–Kier alpha value is -1.20. The summed E-state index contributed by atoms with van der Waals surface area (Å²) in [6.45, 7) is 0.504. The van der Waals surface area contributed by atoms with Crippen molar-refractivity contribution in [1.82, 2.24) is 9.97 Å². The summed E-state index contributed by atoms with van der Waals surface area (Å²) in [5.74, 6) is 0.686. The van der Waals surface area contributed by atoms with Crippen LogP contribution < -0.4 is 4.90 Å². The summed E-state index contributed by atoms with van der Waals surface area (Å²) in [6.07, 6.45) is 3.09. The third-order valence-electron chi connectivity index (χ3n) is 1.68. The molecule has 0 unspecified atom stereocenters. The van der Waals surface area contributed by atoms with E-state index in [-0.39, 0.29) is 13.2 Å². The number of aromatic nitrogens is 2. The second-order valence-electron chi connectivity index (χ2n) is 2.67. The van der Waals surface area contributed by atoms with E-state index in [1.807, 2.05) is 7.05 Å². The van der Waals surface area contributed by atoms with Crippen molar-refractivity contribution in [3.8, 4) is 0 Å². The van der Waals surface area contributed by atoms with Gasteiger partial charge in [-0.1, -0.05) is 0 Å². The number of aliphatic hydroxyl groups is 2. The van der Waals surface area contributed by atoms with Crippen LogP contribution in [0.15, 0.2) is 12.4 Å². The van der Waals surface area contributed by atoms with Crippen molar-refractivity contribution >= 4 is 5.82 Å². The Morgan fingerprint density at radius 2 is 2.08 bits per heavy atom. The first-order valence-electron chi connectivity index (χ1n) is 4.01. The fraction of sp³-hybridized carbons (Fsp3) is 0.500. The lowest BCUT2D eigenvalue weighted by Gasteiger charge is -2.15. The molecule has 0 saturated heterocycles. The van der Waals surface area contributed by atoms with Crippen molar-refractivity contribution in [3.63, 3.8) is 0 Å². The van der Waals surface area contributed by atoms with Gasteiger partial charge in [0.1, 0.15) is 5.82 Å². The number of aliphatic hydroxyl groups excluding tert-OH is 2. The van der Waals surface area contributed by atoms with Gasteiger partial charge in [-0.3, -0.25) is 4.98 Å². The Bertz CT molecular complexity index is 250. The van der Waals surface area contributed by atoms with Gasteiger partial charge >= 0.3 is 0 Å². The number of anilines is 1. The van der Waals surface area contributed by atoms with E-state index in [1.165, 1.54) is 6.20 Å². The van der Waals surface area contributed by atoms with Crippen LogP contribution >= 0.6 is 0 Å². The van der Waals surface area contributed by atoms with Crippen molar-refractivity contribution in [3.05, 3.63) is 18.1 Å². The van der Waals surface area contributed by atoms with Gasteiger partial charge < -0.3 is 15.1 Å². The van der Waals surface area contributed by atoms with Crippen LogP contribution in [0.3, 0.4) is 0 Å². The second kappa shape index (κ2) is 4.74. The van der Waals surface area contributed by atoms with E-state index in [2.05, 4.69) is 9.97 Å². The smallest absolute Gasteiger partial charge is 0.146 e. The Kier molecular flexibility index (Phi) is 3.60. The highest BCUT2D eigenvalue weighted by Crippen LogP contribution is 2.05. The highest BCUT2D eigenvalue weighted by atomic mass is 16.3. The van der Waals surface area contributed by atoms with Gasteiger partial charge in [-0.05, 0) is 0 Å². The van der Waals surface area contributed by atoms with E-state index < -0.39 is 0 Å². The zero-order valence-corrected chi connectivity index (χ0v) is 7.51. The van der Waals surface area contributed by atoms with Gasteiger partial charge in [-0.25, -0.2) is 4.98 Å². The van der Waals surface area contributed by atoms with Crippen LogP contribution in [0.25, 0.3) is 0 Å². The third-order valence-corrected chi connectivity index (χ3v) is 1.68. The Morgan fingerprint density at radius 1 is 1.31 bits per heavy atom. The molecule has 13 heavy (non-hydrogen) atoms. The molecular weight excluding hydrogens is 170 g/mol. The molecule has 1 aromatic heterocycles. The Balaban J connectivity index is 2.67. The molecule has 0 radical (unpaired) electrons. The monoisotopic (exact) mass is 183 g/mol. The molecule has 0 bridgehead atoms. The molecule has 0 amide bonds. The van der Waals surface area contributed by atoms with Crippen molar-refractivity contribution in [1.29, 1.82) is 0 Å². The molecule has 0 aliphatic carbocycles. The molecule has 0 fully saturated rings. The third kappa shape index (κ3) is 2.64. The van der Waals surface area contributed by atoms with Gasteiger partial charge in [-0.2, -0.15) is 0 Å². The summed E-state index contributed by atoms with van der Waals surface area (Å²) >= 11 is 0. The first kappa shape index (κ1) is 9.88. The topological polar surface area (TPSA) is 69.5 Å². The second-order valence-corrected chi connectivity index (χ2v) is 2.67. The van der Waals surface area contributed by atoms with Crippen molar-refractivity contribution in [2.45, 2.75) is 6.61 Å².